The third-order valence-electron chi connectivity index (χ3n) is 1.96. The number of ether oxygens (including phenoxy) is 3. The molecule has 0 saturated carbocycles. The minimum atomic E-state index is -1.03. The third kappa shape index (κ3) is 3.13. The Kier molecular flexibility index (Phi) is 4.60. The van der Waals surface area contributed by atoms with Gasteiger partial charge in [-0.1, -0.05) is 0 Å². The maximum atomic E-state index is 10.8. The van der Waals surface area contributed by atoms with Crippen molar-refractivity contribution in [3.05, 3.63) is 23.8 Å². The Balaban J connectivity index is 2.78. The molecule has 0 aliphatic heterocycles. The van der Waals surface area contributed by atoms with E-state index in [-0.39, 0.29) is 11.3 Å². The molecule has 0 unspecified atom stereocenters. The van der Waals surface area contributed by atoms with E-state index < -0.39 is 5.97 Å². The SMILES string of the molecule is COCCOc1ccc(C(=O)O)c(OC)c1. The molecule has 0 amide bonds. The van der Waals surface area contributed by atoms with Gasteiger partial charge >= 0.3 is 5.97 Å². The second kappa shape index (κ2) is 5.97. The molecule has 0 radical (unpaired) electrons. The topological polar surface area (TPSA) is 65.0 Å². The lowest BCUT2D eigenvalue weighted by molar-refractivity contribution is 0.0693. The smallest absolute Gasteiger partial charge is 0.339 e. The van der Waals surface area contributed by atoms with E-state index in [0.717, 1.165) is 0 Å². The second-order valence-electron chi connectivity index (χ2n) is 3.01. The number of hydrogen-bond donors (Lipinski definition) is 1. The van der Waals surface area contributed by atoms with Crippen molar-refractivity contribution in [1.29, 1.82) is 0 Å². The number of aromatic carboxylic acids is 1. The van der Waals surface area contributed by atoms with Gasteiger partial charge in [0.1, 0.15) is 23.7 Å². The van der Waals surface area contributed by atoms with Gasteiger partial charge in [-0.3, -0.25) is 0 Å². The molecular weight excluding hydrogens is 212 g/mol. The molecule has 1 rings (SSSR count). The molecule has 1 N–H and O–H groups in total. The van der Waals surface area contributed by atoms with E-state index in [1.54, 1.807) is 19.2 Å². The van der Waals surface area contributed by atoms with E-state index in [1.807, 2.05) is 0 Å². The predicted octanol–water partition coefficient (Wildman–Crippen LogP) is 1.42. The number of carbonyl (C=O) groups is 1. The van der Waals surface area contributed by atoms with Crippen molar-refractivity contribution in [3.8, 4) is 11.5 Å². The summed E-state index contributed by atoms with van der Waals surface area (Å²) in [7, 11) is 3.00. The van der Waals surface area contributed by atoms with Gasteiger partial charge in [-0.15, -0.1) is 0 Å². The van der Waals surface area contributed by atoms with Crippen molar-refractivity contribution in [1.82, 2.24) is 0 Å². The zero-order chi connectivity index (χ0) is 12.0. The van der Waals surface area contributed by atoms with E-state index in [0.29, 0.717) is 19.0 Å². The molecule has 16 heavy (non-hydrogen) atoms. The molecule has 0 spiro atoms. The highest BCUT2D eigenvalue weighted by atomic mass is 16.5. The van der Waals surface area contributed by atoms with Gasteiger partial charge in [-0.2, -0.15) is 0 Å². The van der Waals surface area contributed by atoms with Crippen LogP contribution in [0, 0.1) is 0 Å². The summed E-state index contributed by atoms with van der Waals surface area (Å²) in [4.78, 5) is 10.8. The van der Waals surface area contributed by atoms with E-state index in [2.05, 4.69) is 0 Å². The third-order valence-corrected chi connectivity index (χ3v) is 1.96. The summed E-state index contributed by atoms with van der Waals surface area (Å²) in [5.41, 5.74) is 0.113. The highest BCUT2D eigenvalue weighted by Crippen LogP contribution is 2.24. The summed E-state index contributed by atoms with van der Waals surface area (Å²) in [6, 6.07) is 4.57. The number of methoxy groups -OCH3 is 2. The second-order valence-corrected chi connectivity index (χ2v) is 3.01. The van der Waals surface area contributed by atoms with Crippen LogP contribution in [0.1, 0.15) is 10.4 Å². The van der Waals surface area contributed by atoms with Gasteiger partial charge in [-0.25, -0.2) is 4.79 Å². The maximum Gasteiger partial charge on any atom is 0.339 e. The van der Waals surface area contributed by atoms with Crippen LogP contribution >= 0.6 is 0 Å². The normalized spacial score (nSPS) is 9.88. The first kappa shape index (κ1) is 12.3. The Morgan fingerprint density at radius 2 is 2.06 bits per heavy atom. The van der Waals surface area contributed by atoms with E-state index in [9.17, 15) is 4.79 Å². The van der Waals surface area contributed by atoms with E-state index in [4.69, 9.17) is 19.3 Å². The number of rotatable bonds is 6. The highest BCUT2D eigenvalue weighted by molar-refractivity contribution is 5.91. The average Bonchev–Trinajstić information content (AvgIpc) is 2.29. The standard InChI is InChI=1S/C11H14O5/c1-14-5-6-16-8-3-4-9(11(12)13)10(7-8)15-2/h3-4,7H,5-6H2,1-2H3,(H,12,13). The fourth-order valence-electron chi connectivity index (χ4n) is 1.18. The van der Waals surface area contributed by atoms with Crippen molar-refractivity contribution in [2.24, 2.45) is 0 Å². The molecule has 0 bridgehead atoms. The zero-order valence-electron chi connectivity index (χ0n) is 9.23. The van der Waals surface area contributed by atoms with Crippen molar-refractivity contribution >= 4 is 5.97 Å². The number of hydrogen-bond acceptors (Lipinski definition) is 4. The van der Waals surface area contributed by atoms with Crippen LogP contribution in [-0.4, -0.2) is 38.5 Å². The fourth-order valence-corrected chi connectivity index (χ4v) is 1.18. The summed E-state index contributed by atoms with van der Waals surface area (Å²) in [6.07, 6.45) is 0. The van der Waals surface area contributed by atoms with Gasteiger partial charge in [0.05, 0.1) is 13.7 Å². The Labute approximate surface area is 93.6 Å². The molecule has 0 saturated heterocycles. The monoisotopic (exact) mass is 226 g/mol. The minimum absolute atomic E-state index is 0.113. The van der Waals surface area contributed by atoms with Crippen LogP contribution in [0.15, 0.2) is 18.2 Å². The summed E-state index contributed by atoms with van der Waals surface area (Å²) < 4.78 is 15.1. The molecule has 0 aliphatic carbocycles. The van der Waals surface area contributed by atoms with Crippen LogP contribution in [0.3, 0.4) is 0 Å². The molecule has 0 atom stereocenters. The van der Waals surface area contributed by atoms with E-state index in [1.165, 1.54) is 13.2 Å². The van der Waals surface area contributed by atoms with Gasteiger partial charge in [0.2, 0.25) is 0 Å². The fraction of sp³-hybridized carbons (Fsp3) is 0.364. The predicted molar refractivity (Wildman–Crippen MR) is 57.3 cm³/mol. The average molecular weight is 226 g/mol. The zero-order valence-corrected chi connectivity index (χ0v) is 9.23. The molecule has 0 fully saturated rings. The van der Waals surface area contributed by atoms with Gasteiger partial charge in [0.25, 0.3) is 0 Å². The summed E-state index contributed by atoms with van der Waals surface area (Å²) in [6.45, 7) is 0.884. The lowest BCUT2D eigenvalue weighted by Crippen LogP contribution is -2.05. The van der Waals surface area contributed by atoms with E-state index >= 15 is 0 Å². The first-order valence-corrected chi connectivity index (χ1v) is 4.72. The van der Waals surface area contributed by atoms with Crippen LogP contribution in [0.25, 0.3) is 0 Å². The minimum Gasteiger partial charge on any atom is -0.496 e. The molecule has 1 aromatic rings. The van der Waals surface area contributed by atoms with Crippen LogP contribution in [0.5, 0.6) is 11.5 Å². The van der Waals surface area contributed by atoms with Crippen LogP contribution in [0.4, 0.5) is 0 Å². The highest BCUT2D eigenvalue weighted by Gasteiger charge is 2.11. The van der Waals surface area contributed by atoms with Crippen LogP contribution in [-0.2, 0) is 4.74 Å². The molecule has 1 aromatic carbocycles. The number of carboxylic acid groups (broad SMARTS) is 1. The van der Waals surface area contributed by atoms with Crippen molar-refractivity contribution in [3.63, 3.8) is 0 Å². The maximum absolute atomic E-state index is 10.8. The number of benzene rings is 1. The van der Waals surface area contributed by atoms with Crippen LogP contribution in [0.2, 0.25) is 0 Å². The largest absolute Gasteiger partial charge is 0.496 e. The summed E-state index contributed by atoms with van der Waals surface area (Å²) >= 11 is 0. The molecule has 0 aromatic heterocycles. The lowest BCUT2D eigenvalue weighted by atomic mass is 10.2. The van der Waals surface area contributed by atoms with Crippen molar-refractivity contribution in [2.75, 3.05) is 27.4 Å². The van der Waals surface area contributed by atoms with Gasteiger partial charge in [0.15, 0.2) is 0 Å². The van der Waals surface area contributed by atoms with Gasteiger partial charge in [0, 0.05) is 13.2 Å². The van der Waals surface area contributed by atoms with Gasteiger partial charge < -0.3 is 19.3 Å². The lowest BCUT2D eigenvalue weighted by Gasteiger charge is -2.09. The van der Waals surface area contributed by atoms with Crippen molar-refractivity contribution < 1.29 is 24.1 Å². The number of carboxylic acids is 1. The summed E-state index contributed by atoms with van der Waals surface area (Å²) in [5, 5.41) is 8.86. The van der Waals surface area contributed by atoms with Crippen molar-refractivity contribution in [2.45, 2.75) is 0 Å². The molecule has 0 aliphatic rings. The first-order chi connectivity index (χ1) is 7.69. The quantitative estimate of drug-likeness (QED) is 0.743. The summed E-state index contributed by atoms with van der Waals surface area (Å²) in [5.74, 6) is -0.193. The molecule has 88 valence electrons. The molecule has 5 nitrogen and oxygen atoms in total. The molecule has 5 heteroatoms. The molecule has 0 heterocycles. The molecular formula is C11H14O5. The van der Waals surface area contributed by atoms with Gasteiger partial charge in [-0.05, 0) is 12.1 Å². The first-order valence-electron chi connectivity index (χ1n) is 4.72. The Bertz CT molecular complexity index is 361. The Hall–Kier alpha value is -1.75. The Morgan fingerprint density at radius 1 is 1.31 bits per heavy atom. The Morgan fingerprint density at radius 3 is 2.62 bits per heavy atom. The van der Waals surface area contributed by atoms with Crippen LogP contribution < -0.4 is 9.47 Å².